The van der Waals surface area contributed by atoms with Gasteiger partial charge in [0, 0.05) is 6.07 Å². The van der Waals surface area contributed by atoms with E-state index >= 15 is 0 Å². The van der Waals surface area contributed by atoms with Crippen LogP contribution in [0.2, 0.25) is 0 Å². The Morgan fingerprint density at radius 1 is 1.23 bits per heavy atom. The molecule has 0 saturated carbocycles. The van der Waals surface area contributed by atoms with E-state index in [2.05, 4.69) is 0 Å². The zero-order valence-corrected chi connectivity index (χ0v) is 7.06. The van der Waals surface area contributed by atoms with Crippen molar-refractivity contribution in [3.05, 3.63) is 23.8 Å². The number of carbonyl (C=O) groups is 1. The van der Waals surface area contributed by atoms with Gasteiger partial charge < -0.3 is 15.3 Å². The van der Waals surface area contributed by atoms with Crippen LogP contribution in [0.15, 0.2) is 18.2 Å². The monoisotopic (exact) mass is 182 g/mol. The van der Waals surface area contributed by atoms with Crippen LogP contribution in [-0.4, -0.2) is 21.1 Å². The lowest BCUT2D eigenvalue weighted by Gasteiger charge is -2.07. The molecule has 0 aliphatic carbocycles. The van der Waals surface area contributed by atoms with Gasteiger partial charge in [-0.3, -0.25) is 4.79 Å². The largest absolute Gasteiger partial charge is 0.508 e. The summed E-state index contributed by atoms with van der Waals surface area (Å²) in [5.41, 5.74) is 0.185. The molecule has 0 heterocycles. The fourth-order valence-electron chi connectivity index (χ4n) is 1.01. The number of hydrogen-bond donors (Lipinski definition) is 3. The molecule has 0 saturated heterocycles. The first kappa shape index (κ1) is 9.54. The van der Waals surface area contributed by atoms with Crippen LogP contribution >= 0.6 is 0 Å². The Labute approximate surface area is 75.1 Å². The van der Waals surface area contributed by atoms with Crippen molar-refractivity contribution in [3.63, 3.8) is 0 Å². The van der Waals surface area contributed by atoms with E-state index in [4.69, 9.17) is 10.2 Å². The maximum atomic E-state index is 10.8. The lowest BCUT2D eigenvalue weighted by Crippen LogP contribution is -2.06. The minimum atomic E-state index is -1.29. The van der Waals surface area contributed by atoms with Gasteiger partial charge in [-0.15, -0.1) is 0 Å². The summed E-state index contributed by atoms with van der Waals surface area (Å²) in [5, 5.41) is 27.4. The summed E-state index contributed by atoms with van der Waals surface area (Å²) in [4.78, 5) is 10.8. The van der Waals surface area contributed by atoms with Gasteiger partial charge in [-0.25, -0.2) is 0 Å². The van der Waals surface area contributed by atoms with E-state index in [1.54, 1.807) is 0 Å². The number of ketones is 1. The summed E-state index contributed by atoms with van der Waals surface area (Å²) in [6.45, 7) is 1.23. The van der Waals surface area contributed by atoms with Gasteiger partial charge in [-0.05, 0) is 24.6 Å². The molecule has 4 heteroatoms. The molecular formula is C9H10O4. The van der Waals surface area contributed by atoms with Crippen LogP contribution in [0.3, 0.4) is 0 Å². The number of phenols is 2. The molecule has 1 aromatic carbocycles. The summed E-state index contributed by atoms with van der Waals surface area (Å²) in [6.07, 6.45) is -1.29. The van der Waals surface area contributed by atoms with Gasteiger partial charge >= 0.3 is 0 Å². The molecule has 3 N–H and O–H groups in total. The van der Waals surface area contributed by atoms with Crippen LogP contribution in [0, 0.1) is 0 Å². The van der Waals surface area contributed by atoms with Crippen molar-refractivity contribution in [3.8, 4) is 11.5 Å². The van der Waals surface area contributed by atoms with Gasteiger partial charge in [0.2, 0.25) is 0 Å². The number of carbonyl (C=O) groups excluding carboxylic acids is 1. The number of phenolic OH excluding ortho intramolecular Hbond substituents is 2. The number of aliphatic hydroxyl groups is 1. The minimum Gasteiger partial charge on any atom is -0.508 e. The van der Waals surface area contributed by atoms with Gasteiger partial charge in [0.1, 0.15) is 17.6 Å². The summed E-state index contributed by atoms with van der Waals surface area (Å²) in [6, 6.07) is 3.58. The van der Waals surface area contributed by atoms with Crippen molar-refractivity contribution >= 4 is 5.78 Å². The number of benzene rings is 1. The molecule has 1 aromatic rings. The van der Waals surface area contributed by atoms with Crippen molar-refractivity contribution < 1.29 is 20.1 Å². The molecule has 0 fully saturated rings. The highest BCUT2D eigenvalue weighted by Crippen LogP contribution is 2.25. The fraction of sp³-hybridized carbons (Fsp3) is 0.222. The van der Waals surface area contributed by atoms with E-state index in [0.717, 1.165) is 6.07 Å². The van der Waals surface area contributed by atoms with E-state index in [1.807, 2.05) is 0 Å². The maximum absolute atomic E-state index is 10.8. The molecule has 0 aromatic heterocycles. The second-order valence-electron chi connectivity index (χ2n) is 2.80. The average Bonchev–Trinajstić information content (AvgIpc) is 2.01. The third-order valence-electron chi connectivity index (χ3n) is 1.63. The number of rotatable bonds is 2. The third-order valence-corrected chi connectivity index (χ3v) is 1.63. The van der Waals surface area contributed by atoms with Crippen molar-refractivity contribution in [1.82, 2.24) is 0 Å². The molecule has 1 unspecified atom stereocenters. The number of aromatic hydroxyl groups is 2. The second-order valence-corrected chi connectivity index (χ2v) is 2.80. The third kappa shape index (κ3) is 2.19. The van der Waals surface area contributed by atoms with Gasteiger partial charge in [-0.2, -0.15) is 0 Å². The van der Waals surface area contributed by atoms with Crippen LogP contribution in [0.5, 0.6) is 11.5 Å². The van der Waals surface area contributed by atoms with Gasteiger partial charge in [-0.1, -0.05) is 0 Å². The Balaban J connectivity index is 3.07. The fourth-order valence-corrected chi connectivity index (χ4v) is 1.01. The van der Waals surface area contributed by atoms with Crippen molar-refractivity contribution in [2.45, 2.75) is 13.0 Å². The highest BCUT2D eigenvalue weighted by Gasteiger charge is 2.13. The molecule has 0 radical (unpaired) electrons. The molecule has 13 heavy (non-hydrogen) atoms. The first-order valence-corrected chi connectivity index (χ1v) is 3.72. The summed E-state index contributed by atoms with van der Waals surface area (Å²) < 4.78 is 0. The zero-order valence-electron chi connectivity index (χ0n) is 7.06. The number of hydrogen-bond acceptors (Lipinski definition) is 4. The highest BCUT2D eigenvalue weighted by molar-refractivity contribution is 5.81. The number of aliphatic hydroxyl groups excluding tert-OH is 1. The van der Waals surface area contributed by atoms with Crippen LogP contribution in [0.1, 0.15) is 18.6 Å². The predicted octanol–water partition coefficient (Wildman–Crippen LogP) is 0.720. The normalized spacial score (nSPS) is 12.5. The van der Waals surface area contributed by atoms with Crippen molar-refractivity contribution in [2.24, 2.45) is 0 Å². The van der Waals surface area contributed by atoms with Crippen molar-refractivity contribution in [1.29, 1.82) is 0 Å². The maximum Gasteiger partial charge on any atom is 0.162 e. The van der Waals surface area contributed by atoms with Crippen LogP contribution in [0.4, 0.5) is 0 Å². The Morgan fingerprint density at radius 3 is 2.08 bits per heavy atom. The minimum absolute atomic E-state index is 0.185. The van der Waals surface area contributed by atoms with E-state index in [9.17, 15) is 9.90 Å². The SMILES string of the molecule is CC(=O)C(O)c1cc(O)cc(O)c1. The average molecular weight is 182 g/mol. The Hall–Kier alpha value is -1.55. The van der Waals surface area contributed by atoms with E-state index in [-0.39, 0.29) is 17.1 Å². The second kappa shape index (κ2) is 3.45. The standard InChI is InChI=1S/C9H10O4/c1-5(10)9(13)6-2-7(11)4-8(12)3-6/h2-4,9,11-13H,1H3. The topological polar surface area (TPSA) is 77.8 Å². The molecular weight excluding hydrogens is 172 g/mol. The molecule has 0 aliphatic rings. The first-order valence-electron chi connectivity index (χ1n) is 3.72. The summed E-state index contributed by atoms with van der Waals surface area (Å²) in [7, 11) is 0. The smallest absolute Gasteiger partial charge is 0.162 e. The molecule has 4 nitrogen and oxygen atoms in total. The molecule has 1 rings (SSSR count). The van der Waals surface area contributed by atoms with Crippen LogP contribution in [-0.2, 0) is 4.79 Å². The molecule has 0 spiro atoms. The molecule has 0 bridgehead atoms. The zero-order chi connectivity index (χ0) is 10.0. The highest BCUT2D eigenvalue weighted by atomic mass is 16.3. The molecule has 70 valence electrons. The van der Waals surface area contributed by atoms with E-state index in [0.29, 0.717) is 0 Å². The Kier molecular flexibility index (Phi) is 2.53. The van der Waals surface area contributed by atoms with Gasteiger partial charge in [0.25, 0.3) is 0 Å². The van der Waals surface area contributed by atoms with E-state index < -0.39 is 11.9 Å². The Morgan fingerprint density at radius 2 is 1.69 bits per heavy atom. The summed E-state index contributed by atoms with van der Waals surface area (Å²) >= 11 is 0. The first-order chi connectivity index (χ1) is 6.00. The number of Topliss-reactive ketones (excluding diaryl/α,β-unsaturated/α-hetero) is 1. The predicted molar refractivity (Wildman–Crippen MR) is 45.4 cm³/mol. The molecule has 1 atom stereocenters. The van der Waals surface area contributed by atoms with Gasteiger partial charge in [0.05, 0.1) is 0 Å². The van der Waals surface area contributed by atoms with Gasteiger partial charge in [0.15, 0.2) is 5.78 Å². The lowest BCUT2D eigenvalue weighted by atomic mass is 10.1. The lowest BCUT2D eigenvalue weighted by molar-refractivity contribution is -0.125. The van der Waals surface area contributed by atoms with Crippen LogP contribution < -0.4 is 0 Å². The quantitative estimate of drug-likeness (QED) is 0.629. The molecule has 0 amide bonds. The summed E-state index contributed by atoms with van der Waals surface area (Å²) in [5.74, 6) is -0.810. The van der Waals surface area contributed by atoms with E-state index in [1.165, 1.54) is 19.1 Å². The molecule has 0 aliphatic heterocycles. The Bertz CT molecular complexity index is 312. The van der Waals surface area contributed by atoms with Crippen molar-refractivity contribution in [2.75, 3.05) is 0 Å². The van der Waals surface area contributed by atoms with Crippen LogP contribution in [0.25, 0.3) is 0 Å².